The number of hydrogen-bond donors (Lipinski definition) is 3. The third kappa shape index (κ3) is 4.56. The quantitative estimate of drug-likeness (QED) is 0.521. The number of hydrogen-bond acceptors (Lipinski definition) is 4. The normalized spacial score (nSPS) is 20.8. The maximum Gasteiger partial charge on any atom is 0.338 e. The highest BCUT2D eigenvalue weighted by Crippen LogP contribution is 2.32. The summed E-state index contributed by atoms with van der Waals surface area (Å²) in [6.45, 7) is 2.31. The fourth-order valence-electron chi connectivity index (χ4n) is 3.74. The molecule has 0 bridgehead atoms. The molecule has 3 rings (SSSR count). The number of esters is 1. The summed E-state index contributed by atoms with van der Waals surface area (Å²) in [5.74, 6) is 0.0202. The number of ether oxygens (including phenoxy) is 1. The van der Waals surface area contributed by atoms with Crippen molar-refractivity contribution in [1.82, 2.24) is 10.6 Å². The van der Waals surface area contributed by atoms with Crippen LogP contribution in [-0.2, 0) is 9.53 Å². The number of urea groups is 1. The molecule has 0 saturated heterocycles. The first-order chi connectivity index (χ1) is 13.0. The number of amides is 2. The van der Waals surface area contributed by atoms with E-state index in [4.69, 9.17) is 22.1 Å². The summed E-state index contributed by atoms with van der Waals surface area (Å²) in [6.07, 6.45) is 6.34. The van der Waals surface area contributed by atoms with Gasteiger partial charge in [0.05, 0.1) is 28.9 Å². The van der Waals surface area contributed by atoms with Crippen LogP contribution < -0.4 is 16.4 Å². The van der Waals surface area contributed by atoms with Gasteiger partial charge in [0.15, 0.2) is 0 Å². The minimum atomic E-state index is -0.620. The van der Waals surface area contributed by atoms with Crippen LogP contribution in [0.1, 0.15) is 57.1 Å². The first-order valence-corrected chi connectivity index (χ1v) is 9.90. The summed E-state index contributed by atoms with van der Waals surface area (Å²) in [6, 6.07) is 4.13. The molecular weight excluding hydrogens is 366 g/mol. The van der Waals surface area contributed by atoms with Gasteiger partial charge in [0, 0.05) is 5.70 Å². The standard InChI is InChI=1S/C20H26ClN3O3/c1-2-16-17(19(25)27-11-12-6-4-3-5-7-12)18(24-20(26)23-16)13-8-9-15(22)14(21)10-13/h8-10,12,18H,2-7,11,22H2,1H3,(H2,23,24,26). The molecule has 1 aromatic rings. The second-order valence-electron chi connectivity index (χ2n) is 7.16. The zero-order valence-corrected chi connectivity index (χ0v) is 16.3. The monoisotopic (exact) mass is 391 g/mol. The summed E-state index contributed by atoms with van der Waals surface area (Å²) in [5.41, 5.74) is 7.93. The molecule has 1 aliphatic heterocycles. The minimum Gasteiger partial charge on any atom is -0.462 e. The lowest BCUT2D eigenvalue weighted by Crippen LogP contribution is -2.46. The van der Waals surface area contributed by atoms with Crippen molar-refractivity contribution in [3.05, 3.63) is 40.1 Å². The molecule has 1 fully saturated rings. The van der Waals surface area contributed by atoms with E-state index in [0.29, 0.717) is 46.5 Å². The summed E-state index contributed by atoms with van der Waals surface area (Å²) in [7, 11) is 0. The van der Waals surface area contributed by atoms with Gasteiger partial charge < -0.3 is 21.1 Å². The molecule has 1 unspecified atom stereocenters. The molecule has 1 heterocycles. The van der Waals surface area contributed by atoms with E-state index in [9.17, 15) is 9.59 Å². The van der Waals surface area contributed by atoms with Crippen LogP contribution in [0.3, 0.4) is 0 Å². The highest BCUT2D eigenvalue weighted by atomic mass is 35.5. The number of carbonyl (C=O) groups is 2. The van der Waals surface area contributed by atoms with Gasteiger partial charge in [-0.2, -0.15) is 0 Å². The molecule has 1 aromatic carbocycles. The Morgan fingerprint density at radius 1 is 1.30 bits per heavy atom. The maximum absolute atomic E-state index is 12.9. The molecule has 0 radical (unpaired) electrons. The van der Waals surface area contributed by atoms with Crippen LogP contribution >= 0.6 is 11.6 Å². The zero-order chi connectivity index (χ0) is 19.4. The molecule has 7 heteroatoms. The SMILES string of the molecule is CCC1=C(C(=O)OCC2CCCCC2)C(c2ccc(N)c(Cl)c2)NC(=O)N1. The van der Waals surface area contributed by atoms with Gasteiger partial charge in [0.2, 0.25) is 0 Å². The fourth-order valence-corrected chi connectivity index (χ4v) is 3.92. The number of nitrogen functional groups attached to an aromatic ring is 1. The van der Waals surface area contributed by atoms with Crippen LogP contribution in [0.15, 0.2) is 29.5 Å². The number of nitrogens with two attached hydrogens (primary N) is 1. The van der Waals surface area contributed by atoms with Gasteiger partial charge in [-0.3, -0.25) is 0 Å². The number of halogens is 1. The van der Waals surface area contributed by atoms with Crippen molar-refractivity contribution < 1.29 is 14.3 Å². The number of rotatable bonds is 5. The molecule has 0 spiro atoms. The second-order valence-corrected chi connectivity index (χ2v) is 7.57. The van der Waals surface area contributed by atoms with Gasteiger partial charge in [-0.15, -0.1) is 0 Å². The number of anilines is 1. The topological polar surface area (TPSA) is 93.4 Å². The van der Waals surface area contributed by atoms with E-state index in [1.54, 1.807) is 18.2 Å². The van der Waals surface area contributed by atoms with Crippen LogP contribution in [0.4, 0.5) is 10.5 Å². The van der Waals surface area contributed by atoms with Crippen LogP contribution in [-0.4, -0.2) is 18.6 Å². The Balaban J connectivity index is 1.84. The van der Waals surface area contributed by atoms with Gasteiger partial charge >= 0.3 is 12.0 Å². The molecule has 146 valence electrons. The summed E-state index contributed by atoms with van der Waals surface area (Å²) in [5, 5.41) is 5.92. The van der Waals surface area contributed by atoms with Crippen LogP contribution in [0, 0.1) is 5.92 Å². The Bertz CT molecular complexity index is 757. The minimum absolute atomic E-state index is 0.353. The molecule has 1 saturated carbocycles. The van der Waals surface area contributed by atoms with E-state index in [-0.39, 0.29) is 6.03 Å². The lowest BCUT2D eigenvalue weighted by molar-refractivity contribution is -0.141. The molecule has 2 aliphatic rings. The summed E-state index contributed by atoms with van der Waals surface area (Å²) >= 11 is 6.14. The average molecular weight is 392 g/mol. The van der Waals surface area contributed by atoms with E-state index >= 15 is 0 Å². The summed E-state index contributed by atoms with van der Waals surface area (Å²) in [4.78, 5) is 25.0. The van der Waals surface area contributed by atoms with Crippen LogP contribution in [0.5, 0.6) is 0 Å². The van der Waals surface area contributed by atoms with Crippen molar-refractivity contribution in [2.24, 2.45) is 5.92 Å². The van der Waals surface area contributed by atoms with E-state index in [1.165, 1.54) is 19.3 Å². The Kier molecular flexibility index (Phi) is 6.26. The van der Waals surface area contributed by atoms with Gasteiger partial charge in [-0.1, -0.05) is 43.9 Å². The van der Waals surface area contributed by atoms with Gasteiger partial charge in [0.25, 0.3) is 0 Å². The van der Waals surface area contributed by atoms with Crippen LogP contribution in [0.2, 0.25) is 5.02 Å². The van der Waals surface area contributed by atoms with Crippen molar-refractivity contribution in [2.45, 2.75) is 51.5 Å². The highest BCUT2D eigenvalue weighted by molar-refractivity contribution is 6.33. The maximum atomic E-state index is 12.9. The number of benzene rings is 1. The Morgan fingerprint density at radius 3 is 2.70 bits per heavy atom. The molecule has 27 heavy (non-hydrogen) atoms. The Morgan fingerprint density at radius 2 is 2.04 bits per heavy atom. The van der Waals surface area contributed by atoms with E-state index < -0.39 is 12.0 Å². The van der Waals surface area contributed by atoms with Gasteiger partial charge in [-0.05, 0) is 42.9 Å². The van der Waals surface area contributed by atoms with E-state index in [1.807, 2.05) is 6.92 Å². The van der Waals surface area contributed by atoms with Gasteiger partial charge in [-0.25, -0.2) is 9.59 Å². The average Bonchev–Trinajstić information content (AvgIpc) is 2.68. The predicted molar refractivity (Wildman–Crippen MR) is 105 cm³/mol. The van der Waals surface area contributed by atoms with Crippen molar-refractivity contribution in [3.63, 3.8) is 0 Å². The number of allylic oxidation sites excluding steroid dienone is 1. The van der Waals surface area contributed by atoms with Crippen molar-refractivity contribution in [1.29, 1.82) is 0 Å². The summed E-state index contributed by atoms with van der Waals surface area (Å²) < 4.78 is 5.65. The lowest BCUT2D eigenvalue weighted by Gasteiger charge is -2.30. The predicted octanol–water partition coefficient (Wildman–Crippen LogP) is 4.06. The Hall–Kier alpha value is -2.21. The number of carbonyl (C=O) groups excluding carboxylic acids is 2. The molecular formula is C20H26ClN3O3. The molecule has 0 aromatic heterocycles. The first-order valence-electron chi connectivity index (χ1n) is 9.52. The largest absolute Gasteiger partial charge is 0.462 e. The molecule has 1 aliphatic carbocycles. The number of nitrogens with one attached hydrogen (secondary N) is 2. The first kappa shape index (κ1) is 19.5. The van der Waals surface area contributed by atoms with Crippen molar-refractivity contribution in [3.8, 4) is 0 Å². The van der Waals surface area contributed by atoms with Crippen LogP contribution in [0.25, 0.3) is 0 Å². The van der Waals surface area contributed by atoms with Crippen molar-refractivity contribution >= 4 is 29.3 Å². The van der Waals surface area contributed by atoms with E-state index in [0.717, 1.165) is 12.8 Å². The van der Waals surface area contributed by atoms with Gasteiger partial charge in [0.1, 0.15) is 0 Å². The highest BCUT2D eigenvalue weighted by Gasteiger charge is 2.33. The molecule has 1 atom stereocenters. The fraction of sp³-hybridized carbons (Fsp3) is 0.500. The van der Waals surface area contributed by atoms with E-state index in [2.05, 4.69) is 10.6 Å². The zero-order valence-electron chi connectivity index (χ0n) is 15.5. The molecule has 2 amide bonds. The molecule has 6 nitrogen and oxygen atoms in total. The van der Waals surface area contributed by atoms with Crippen molar-refractivity contribution in [2.75, 3.05) is 12.3 Å². The lowest BCUT2D eigenvalue weighted by atomic mass is 9.90. The second kappa shape index (κ2) is 8.65. The Labute approximate surface area is 164 Å². The smallest absolute Gasteiger partial charge is 0.338 e. The molecule has 4 N–H and O–H groups in total. The third-order valence-corrected chi connectivity index (χ3v) is 5.59. The third-order valence-electron chi connectivity index (χ3n) is 5.26.